The molecular weight excluding hydrogens is 676 g/mol. The Kier molecular flexibility index (Phi) is 10.9. The normalized spacial score (nSPS) is 20.7. The molecule has 5 heterocycles. The lowest BCUT2D eigenvalue weighted by molar-refractivity contribution is -0.0366. The number of nitrogens with zero attached hydrogens (tertiary/aromatic N) is 8. The topological polar surface area (TPSA) is 177 Å². The van der Waals surface area contributed by atoms with E-state index in [0.717, 1.165) is 60.7 Å². The van der Waals surface area contributed by atoms with Crippen LogP contribution in [0.3, 0.4) is 0 Å². The van der Waals surface area contributed by atoms with Gasteiger partial charge in [-0.15, -0.1) is 0 Å². The van der Waals surface area contributed by atoms with Crippen LogP contribution in [-0.4, -0.2) is 100 Å². The molecule has 278 valence electrons. The van der Waals surface area contributed by atoms with Gasteiger partial charge < -0.3 is 40.0 Å². The molecule has 3 saturated heterocycles. The number of nitrogens with one attached hydrogen (secondary N) is 1. The lowest BCUT2D eigenvalue weighted by Crippen LogP contribution is -2.55. The third-order valence-corrected chi connectivity index (χ3v) is 10.4. The van der Waals surface area contributed by atoms with Crippen molar-refractivity contribution in [3.05, 3.63) is 65.5 Å². The number of anilines is 3. The molecule has 2 amide bonds. The van der Waals surface area contributed by atoms with Gasteiger partial charge in [0.1, 0.15) is 18.9 Å². The van der Waals surface area contributed by atoms with Crippen LogP contribution in [0.4, 0.5) is 22.0 Å². The zero-order chi connectivity index (χ0) is 36.9. The maximum absolute atomic E-state index is 14.2. The molecule has 7 rings (SSSR count). The molecule has 4 aromatic rings. The number of hydrogen-bond donors (Lipinski definition) is 2. The SMILES string of the molecule is Cc1ccc2c(cnn2C2CCCCO2)c1NC(=O)c1nc(OCC2CCCN2C)nc(N2CCN(C(=O)OCc3ccccc3)[C@@H](CC#N)C2)c1N. The number of nitrogen functional groups attached to an aromatic ring is 1. The third kappa shape index (κ3) is 7.84. The van der Waals surface area contributed by atoms with E-state index in [-0.39, 0.29) is 55.8 Å². The summed E-state index contributed by atoms with van der Waals surface area (Å²) in [7, 11) is 2.06. The first-order valence-corrected chi connectivity index (χ1v) is 18.3. The molecular formula is C38H46N10O5. The first-order chi connectivity index (χ1) is 25.8. The summed E-state index contributed by atoms with van der Waals surface area (Å²) in [5.74, 6) is -0.222. The number of likely N-dealkylation sites (tertiary alicyclic amines) is 1. The number of carbonyl (C=O) groups excluding carboxylic acids is 2. The average Bonchev–Trinajstić information content (AvgIpc) is 3.81. The number of nitriles is 1. The molecule has 0 saturated carbocycles. The van der Waals surface area contributed by atoms with Gasteiger partial charge in [-0.3, -0.25) is 4.79 Å². The Morgan fingerprint density at radius 3 is 2.66 bits per heavy atom. The number of likely N-dealkylation sites (N-methyl/N-ethyl adjacent to an activating group) is 1. The quantitative estimate of drug-likeness (QED) is 0.227. The highest BCUT2D eigenvalue weighted by Gasteiger charge is 2.34. The number of aryl methyl sites for hydroxylation is 1. The van der Waals surface area contributed by atoms with Crippen LogP contribution in [0.5, 0.6) is 6.01 Å². The Hall–Kier alpha value is -5.46. The summed E-state index contributed by atoms with van der Waals surface area (Å²) in [6, 6.07) is 15.3. The minimum atomic E-state index is -0.525. The summed E-state index contributed by atoms with van der Waals surface area (Å²) in [6.07, 6.45) is 6.14. The zero-order valence-corrected chi connectivity index (χ0v) is 30.2. The summed E-state index contributed by atoms with van der Waals surface area (Å²) >= 11 is 0. The average molecular weight is 723 g/mol. The molecule has 0 aliphatic carbocycles. The van der Waals surface area contributed by atoms with Crippen molar-refractivity contribution >= 4 is 40.1 Å². The highest BCUT2D eigenvalue weighted by molar-refractivity contribution is 6.11. The van der Waals surface area contributed by atoms with Gasteiger partial charge in [0.2, 0.25) is 0 Å². The van der Waals surface area contributed by atoms with E-state index in [9.17, 15) is 14.9 Å². The number of hydrogen-bond acceptors (Lipinski definition) is 12. The van der Waals surface area contributed by atoms with Crippen molar-refractivity contribution in [2.75, 3.05) is 62.4 Å². The molecule has 15 heteroatoms. The molecule has 3 atom stereocenters. The fraction of sp³-hybridized carbons (Fsp3) is 0.474. The Bertz CT molecular complexity index is 1980. The van der Waals surface area contributed by atoms with Gasteiger partial charge in [-0.1, -0.05) is 36.4 Å². The van der Waals surface area contributed by atoms with Crippen LogP contribution in [0.1, 0.15) is 66.4 Å². The lowest BCUT2D eigenvalue weighted by Gasteiger charge is -2.40. The van der Waals surface area contributed by atoms with Crippen LogP contribution in [0.15, 0.2) is 48.7 Å². The molecule has 0 spiro atoms. The molecule has 3 N–H and O–H groups in total. The van der Waals surface area contributed by atoms with Crippen molar-refractivity contribution in [3.63, 3.8) is 0 Å². The standard InChI is InChI=1S/C38H46N10O5/c1-25-13-14-30-29(21-41-48(30)31-12-6-7-20-51-31)33(25)42-36(49)34-32(40)35(44-37(43-34)52-24-28-11-8-17-45(28)2)46-18-19-47(27(22-46)15-16-39)38(50)53-23-26-9-4-3-5-10-26/h3-5,9-10,13-14,21,27-28,31H,6-8,11-12,15,17-20,22-24,40H2,1-2H3,(H,42,49)/t27-,28?,31?/m0/s1. The van der Waals surface area contributed by atoms with E-state index in [1.807, 2.05) is 59.0 Å². The van der Waals surface area contributed by atoms with Crippen LogP contribution < -0.4 is 20.7 Å². The Morgan fingerprint density at radius 2 is 1.91 bits per heavy atom. The van der Waals surface area contributed by atoms with Gasteiger partial charge in [-0.25, -0.2) is 9.48 Å². The Labute approximate surface area is 308 Å². The van der Waals surface area contributed by atoms with Crippen LogP contribution in [0, 0.1) is 18.3 Å². The second-order valence-electron chi connectivity index (χ2n) is 13.9. The smallest absolute Gasteiger partial charge is 0.410 e. The summed E-state index contributed by atoms with van der Waals surface area (Å²) in [4.78, 5) is 42.4. The number of rotatable bonds is 10. The molecule has 15 nitrogen and oxygen atoms in total. The first-order valence-electron chi connectivity index (χ1n) is 18.3. The molecule has 3 aliphatic rings. The lowest BCUT2D eigenvalue weighted by atomic mass is 10.1. The Balaban J connectivity index is 1.16. The van der Waals surface area contributed by atoms with Gasteiger partial charge in [0.15, 0.2) is 17.7 Å². The molecule has 2 unspecified atom stereocenters. The van der Waals surface area contributed by atoms with Crippen LogP contribution in [-0.2, 0) is 16.1 Å². The largest absolute Gasteiger partial charge is 0.462 e. The fourth-order valence-electron chi connectivity index (χ4n) is 7.36. The van der Waals surface area contributed by atoms with E-state index in [0.29, 0.717) is 31.3 Å². The summed E-state index contributed by atoms with van der Waals surface area (Å²) in [5.41, 5.74) is 9.95. The fourth-order valence-corrected chi connectivity index (χ4v) is 7.36. The first kappa shape index (κ1) is 35.9. The maximum atomic E-state index is 14.2. The summed E-state index contributed by atoms with van der Waals surface area (Å²) < 4.78 is 19.7. The van der Waals surface area contributed by atoms with Crippen LogP contribution >= 0.6 is 0 Å². The second-order valence-corrected chi connectivity index (χ2v) is 13.9. The predicted molar refractivity (Wildman–Crippen MR) is 198 cm³/mol. The number of nitrogens with two attached hydrogens (primary N) is 1. The molecule has 3 aliphatic heterocycles. The van der Waals surface area contributed by atoms with Gasteiger partial charge >= 0.3 is 12.1 Å². The predicted octanol–water partition coefficient (Wildman–Crippen LogP) is 4.88. The van der Waals surface area contributed by atoms with Gasteiger partial charge in [0.05, 0.1) is 35.9 Å². The number of piperazine rings is 1. The Morgan fingerprint density at radius 1 is 1.06 bits per heavy atom. The van der Waals surface area contributed by atoms with E-state index >= 15 is 0 Å². The van der Waals surface area contributed by atoms with Crippen molar-refractivity contribution in [2.45, 2.75) is 70.4 Å². The highest BCUT2D eigenvalue weighted by atomic mass is 16.6. The van der Waals surface area contributed by atoms with E-state index in [1.54, 1.807) is 11.1 Å². The van der Waals surface area contributed by atoms with Crippen molar-refractivity contribution in [1.82, 2.24) is 29.5 Å². The van der Waals surface area contributed by atoms with Gasteiger partial charge in [-0.05, 0) is 69.8 Å². The van der Waals surface area contributed by atoms with Crippen LogP contribution in [0.25, 0.3) is 10.9 Å². The number of benzene rings is 2. The number of amides is 2. The van der Waals surface area contributed by atoms with Crippen molar-refractivity contribution in [3.8, 4) is 12.1 Å². The van der Waals surface area contributed by atoms with Gasteiger partial charge in [-0.2, -0.15) is 20.3 Å². The van der Waals surface area contributed by atoms with Gasteiger partial charge in [0, 0.05) is 37.7 Å². The minimum Gasteiger partial charge on any atom is -0.462 e. The summed E-state index contributed by atoms with van der Waals surface area (Å²) in [6.45, 7) is 4.87. The minimum absolute atomic E-state index is 0.0263. The molecule has 2 aromatic heterocycles. The highest BCUT2D eigenvalue weighted by Crippen LogP contribution is 2.34. The number of fused-ring (bicyclic) bond motifs is 1. The third-order valence-electron chi connectivity index (χ3n) is 10.4. The zero-order valence-electron chi connectivity index (χ0n) is 30.2. The maximum Gasteiger partial charge on any atom is 0.410 e. The molecule has 0 bridgehead atoms. The van der Waals surface area contributed by atoms with E-state index < -0.39 is 18.0 Å². The van der Waals surface area contributed by atoms with E-state index in [2.05, 4.69) is 33.4 Å². The van der Waals surface area contributed by atoms with Crippen molar-refractivity contribution < 1.29 is 23.8 Å². The van der Waals surface area contributed by atoms with Crippen molar-refractivity contribution in [1.29, 1.82) is 5.26 Å². The second kappa shape index (κ2) is 16.1. The molecule has 2 aromatic carbocycles. The van der Waals surface area contributed by atoms with Crippen LogP contribution in [0.2, 0.25) is 0 Å². The van der Waals surface area contributed by atoms with E-state index in [4.69, 9.17) is 24.9 Å². The number of carbonyl (C=O) groups is 2. The van der Waals surface area contributed by atoms with Gasteiger partial charge in [0.25, 0.3) is 5.91 Å². The van der Waals surface area contributed by atoms with E-state index in [1.165, 1.54) is 0 Å². The summed E-state index contributed by atoms with van der Waals surface area (Å²) in [5, 5.41) is 18.2. The van der Waals surface area contributed by atoms with Crippen molar-refractivity contribution in [2.24, 2.45) is 0 Å². The molecule has 0 radical (unpaired) electrons. The number of ether oxygens (including phenoxy) is 3. The molecule has 53 heavy (non-hydrogen) atoms. The monoisotopic (exact) mass is 722 g/mol. The molecule has 3 fully saturated rings. The number of aromatic nitrogens is 4.